The van der Waals surface area contributed by atoms with Gasteiger partial charge >= 0.3 is 0 Å². The number of hydrogen-bond acceptors (Lipinski definition) is 5. The topological polar surface area (TPSA) is 92.5 Å². The van der Waals surface area contributed by atoms with Gasteiger partial charge in [-0.1, -0.05) is 24.3 Å². The summed E-state index contributed by atoms with van der Waals surface area (Å²) in [6.45, 7) is 1.19. The Labute approximate surface area is 110 Å². The van der Waals surface area contributed by atoms with E-state index in [1.165, 1.54) is 6.33 Å². The van der Waals surface area contributed by atoms with Crippen LogP contribution < -0.4 is 11.1 Å². The number of aromatic amines is 1. The maximum atomic E-state index is 5.72. The molecule has 0 bridgehead atoms. The average Bonchev–Trinajstić information content (AvgIpc) is 2.94. The lowest BCUT2D eigenvalue weighted by molar-refractivity contribution is 1.00. The molecular weight excluding hydrogens is 240 g/mol. The number of nitrogens with zero attached hydrogens (tertiary/aromatic N) is 3. The standard InChI is InChI=1S/C13H14N6/c14-5-9-3-1-2-4-10(9)6-15-12-11-13(17-7-16-11)19-8-18-12/h1-4,7-8H,5-6,14H2,(H2,15,16,17,18,19). The van der Waals surface area contributed by atoms with E-state index in [0.717, 1.165) is 22.5 Å². The van der Waals surface area contributed by atoms with Gasteiger partial charge in [0.1, 0.15) is 11.8 Å². The van der Waals surface area contributed by atoms with Crippen molar-refractivity contribution >= 4 is 17.0 Å². The molecule has 3 aromatic rings. The molecule has 0 amide bonds. The molecule has 2 heterocycles. The zero-order valence-corrected chi connectivity index (χ0v) is 10.3. The SMILES string of the molecule is NCc1ccccc1CNc1ncnc2nc[nH]c12. The smallest absolute Gasteiger partial charge is 0.182 e. The average molecular weight is 254 g/mol. The molecule has 4 N–H and O–H groups in total. The van der Waals surface area contributed by atoms with Gasteiger partial charge in [-0.3, -0.25) is 0 Å². The summed E-state index contributed by atoms with van der Waals surface area (Å²) in [4.78, 5) is 15.4. The molecule has 0 aliphatic carbocycles. The summed E-state index contributed by atoms with van der Waals surface area (Å²) in [7, 11) is 0. The molecule has 19 heavy (non-hydrogen) atoms. The molecule has 0 radical (unpaired) electrons. The number of anilines is 1. The van der Waals surface area contributed by atoms with Gasteiger partial charge in [0.25, 0.3) is 0 Å². The van der Waals surface area contributed by atoms with Crippen molar-refractivity contribution in [3.05, 3.63) is 48.0 Å². The monoisotopic (exact) mass is 254 g/mol. The number of benzene rings is 1. The van der Waals surface area contributed by atoms with Crippen LogP contribution in [-0.4, -0.2) is 19.9 Å². The van der Waals surface area contributed by atoms with Crippen molar-refractivity contribution in [1.29, 1.82) is 0 Å². The lowest BCUT2D eigenvalue weighted by Gasteiger charge is -2.09. The van der Waals surface area contributed by atoms with Crippen molar-refractivity contribution in [1.82, 2.24) is 19.9 Å². The summed E-state index contributed by atoms with van der Waals surface area (Å²) in [6, 6.07) is 8.08. The first-order valence-corrected chi connectivity index (χ1v) is 6.03. The van der Waals surface area contributed by atoms with Crippen molar-refractivity contribution in [3.63, 3.8) is 0 Å². The minimum atomic E-state index is 0.529. The van der Waals surface area contributed by atoms with Crippen LogP contribution in [0, 0.1) is 0 Å². The Morgan fingerprint density at radius 1 is 1.11 bits per heavy atom. The summed E-state index contributed by atoms with van der Waals surface area (Å²) in [6.07, 6.45) is 3.11. The zero-order chi connectivity index (χ0) is 13.1. The van der Waals surface area contributed by atoms with Crippen molar-refractivity contribution < 1.29 is 0 Å². The van der Waals surface area contributed by atoms with Crippen LogP contribution in [0.2, 0.25) is 0 Å². The number of nitrogens with one attached hydrogen (secondary N) is 2. The highest BCUT2D eigenvalue weighted by atomic mass is 15.1. The van der Waals surface area contributed by atoms with Gasteiger partial charge in [0.15, 0.2) is 11.5 Å². The number of H-pyrrole nitrogens is 1. The third kappa shape index (κ3) is 2.25. The Hall–Kier alpha value is -2.47. The molecule has 96 valence electrons. The second-order valence-electron chi connectivity index (χ2n) is 4.15. The van der Waals surface area contributed by atoms with E-state index in [1.807, 2.05) is 18.2 Å². The number of fused-ring (bicyclic) bond motifs is 1. The van der Waals surface area contributed by atoms with Crippen LogP contribution in [0.3, 0.4) is 0 Å². The molecule has 1 aromatic carbocycles. The van der Waals surface area contributed by atoms with Gasteiger partial charge in [-0.2, -0.15) is 0 Å². The summed E-state index contributed by atoms with van der Waals surface area (Å²) in [5, 5.41) is 3.29. The van der Waals surface area contributed by atoms with Crippen LogP contribution >= 0.6 is 0 Å². The van der Waals surface area contributed by atoms with Crippen molar-refractivity contribution in [2.75, 3.05) is 5.32 Å². The van der Waals surface area contributed by atoms with Gasteiger partial charge in [0.05, 0.1) is 6.33 Å². The minimum Gasteiger partial charge on any atom is -0.364 e. The molecule has 0 spiro atoms. The number of imidazole rings is 1. The molecule has 2 aromatic heterocycles. The number of nitrogens with two attached hydrogens (primary N) is 1. The molecule has 6 nitrogen and oxygen atoms in total. The highest BCUT2D eigenvalue weighted by Crippen LogP contribution is 2.16. The molecule has 0 atom stereocenters. The van der Waals surface area contributed by atoms with E-state index in [2.05, 4.69) is 31.3 Å². The highest BCUT2D eigenvalue weighted by molar-refractivity contribution is 5.81. The van der Waals surface area contributed by atoms with Crippen molar-refractivity contribution in [2.45, 2.75) is 13.1 Å². The van der Waals surface area contributed by atoms with Gasteiger partial charge < -0.3 is 16.0 Å². The lowest BCUT2D eigenvalue weighted by Crippen LogP contribution is -2.07. The highest BCUT2D eigenvalue weighted by Gasteiger charge is 2.06. The molecule has 0 fully saturated rings. The van der Waals surface area contributed by atoms with E-state index in [0.29, 0.717) is 18.7 Å². The van der Waals surface area contributed by atoms with Crippen LogP contribution in [0.4, 0.5) is 5.82 Å². The third-order valence-corrected chi connectivity index (χ3v) is 3.01. The fraction of sp³-hybridized carbons (Fsp3) is 0.154. The van der Waals surface area contributed by atoms with Crippen LogP contribution in [-0.2, 0) is 13.1 Å². The van der Waals surface area contributed by atoms with E-state index in [4.69, 9.17) is 5.73 Å². The minimum absolute atomic E-state index is 0.529. The fourth-order valence-corrected chi connectivity index (χ4v) is 2.01. The molecule has 0 saturated heterocycles. The molecule has 6 heteroatoms. The predicted octanol–water partition coefficient (Wildman–Crippen LogP) is 1.42. The Morgan fingerprint density at radius 2 is 1.95 bits per heavy atom. The summed E-state index contributed by atoms with van der Waals surface area (Å²) in [5.41, 5.74) is 9.49. The van der Waals surface area contributed by atoms with Crippen molar-refractivity contribution in [2.24, 2.45) is 5.73 Å². The lowest BCUT2D eigenvalue weighted by atomic mass is 10.1. The summed E-state index contributed by atoms with van der Waals surface area (Å²) >= 11 is 0. The Bertz CT molecular complexity index is 690. The van der Waals surface area contributed by atoms with Crippen LogP contribution in [0.1, 0.15) is 11.1 Å². The van der Waals surface area contributed by atoms with E-state index in [1.54, 1.807) is 6.33 Å². The second kappa shape index (κ2) is 5.03. The number of aromatic nitrogens is 4. The zero-order valence-electron chi connectivity index (χ0n) is 10.3. The molecule has 0 saturated carbocycles. The maximum Gasteiger partial charge on any atom is 0.182 e. The van der Waals surface area contributed by atoms with Crippen LogP contribution in [0.5, 0.6) is 0 Å². The summed E-state index contributed by atoms with van der Waals surface area (Å²) < 4.78 is 0. The van der Waals surface area contributed by atoms with Crippen LogP contribution in [0.25, 0.3) is 11.2 Å². The van der Waals surface area contributed by atoms with Gasteiger partial charge in [0.2, 0.25) is 0 Å². The van der Waals surface area contributed by atoms with Gasteiger partial charge in [-0.25, -0.2) is 15.0 Å². The quantitative estimate of drug-likeness (QED) is 0.655. The third-order valence-electron chi connectivity index (χ3n) is 3.01. The maximum absolute atomic E-state index is 5.72. The van der Waals surface area contributed by atoms with E-state index < -0.39 is 0 Å². The Balaban J connectivity index is 1.84. The Morgan fingerprint density at radius 3 is 2.79 bits per heavy atom. The molecule has 0 unspecified atom stereocenters. The first kappa shape index (κ1) is 11.6. The van der Waals surface area contributed by atoms with Gasteiger partial charge in [0, 0.05) is 13.1 Å². The fourth-order valence-electron chi connectivity index (χ4n) is 2.01. The summed E-state index contributed by atoms with van der Waals surface area (Å²) in [5.74, 6) is 0.745. The van der Waals surface area contributed by atoms with Gasteiger partial charge in [-0.15, -0.1) is 0 Å². The van der Waals surface area contributed by atoms with Gasteiger partial charge in [-0.05, 0) is 11.1 Å². The molecule has 3 rings (SSSR count). The molecule has 0 aliphatic heterocycles. The van der Waals surface area contributed by atoms with Crippen LogP contribution in [0.15, 0.2) is 36.9 Å². The molecule has 0 aliphatic rings. The largest absolute Gasteiger partial charge is 0.364 e. The number of hydrogen-bond donors (Lipinski definition) is 3. The number of rotatable bonds is 4. The Kier molecular flexibility index (Phi) is 3.07. The van der Waals surface area contributed by atoms with E-state index >= 15 is 0 Å². The molecular formula is C13H14N6. The van der Waals surface area contributed by atoms with Crippen molar-refractivity contribution in [3.8, 4) is 0 Å². The normalized spacial score (nSPS) is 10.8. The predicted molar refractivity (Wildman–Crippen MR) is 73.3 cm³/mol. The second-order valence-corrected chi connectivity index (χ2v) is 4.15. The first-order chi connectivity index (χ1) is 9.38. The van der Waals surface area contributed by atoms with E-state index in [9.17, 15) is 0 Å². The first-order valence-electron chi connectivity index (χ1n) is 6.03. The van der Waals surface area contributed by atoms with E-state index in [-0.39, 0.29) is 0 Å².